The van der Waals surface area contributed by atoms with Crippen molar-refractivity contribution in [1.82, 2.24) is 5.32 Å². The molecule has 1 aromatic rings. The average molecular weight is 302 g/mol. The Morgan fingerprint density at radius 2 is 1.76 bits per heavy atom. The van der Waals surface area contributed by atoms with Gasteiger partial charge in [0.25, 0.3) is 0 Å². The van der Waals surface area contributed by atoms with Gasteiger partial charge < -0.3 is 5.32 Å². The Hall–Kier alpha value is -1.47. The molecule has 1 aliphatic carbocycles. The van der Waals surface area contributed by atoms with Gasteiger partial charge in [0.15, 0.2) is 0 Å². The van der Waals surface area contributed by atoms with Crippen LogP contribution < -0.4 is 5.32 Å². The van der Waals surface area contributed by atoms with Gasteiger partial charge in [0, 0.05) is 4.90 Å². The molecule has 1 aromatic carbocycles. The van der Waals surface area contributed by atoms with Crippen LogP contribution in [0.5, 0.6) is 0 Å². The smallest absolute Gasteiger partial charge is 0.231 e. The summed E-state index contributed by atoms with van der Waals surface area (Å²) in [4.78, 5) is 13.2. The fraction of sp³-hybridized carbons (Fsp3) is 0.529. The van der Waals surface area contributed by atoms with Crippen molar-refractivity contribution in [1.29, 1.82) is 5.26 Å². The fourth-order valence-electron chi connectivity index (χ4n) is 2.74. The first-order chi connectivity index (χ1) is 10.2. The highest BCUT2D eigenvalue weighted by Gasteiger charge is 2.31. The van der Waals surface area contributed by atoms with E-state index in [1.54, 1.807) is 0 Å². The van der Waals surface area contributed by atoms with Crippen LogP contribution in [0.15, 0.2) is 35.2 Å². The summed E-state index contributed by atoms with van der Waals surface area (Å²) in [6.45, 7) is 0. The second-order valence-corrected chi connectivity index (χ2v) is 6.66. The molecule has 0 bridgehead atoms. The molecule has 4 heteroatoms. The third kappa shape index (κ3) is 5.09. The predicted molar refractivity (Wildman–Crippen MR) is 86.0 cm³/mol. The number of thioether (sulfide) groups is 1. The third-order valence-electron chi connectivity index (χ3n) is 3.91. The first kappa shape index (κ1) is 15.9. The molecular formula is C17H22N2OS. The van der Waals surface area contributed by atoms with E-state index in [0.717, 1.165) is 43.4 Å². The van der Waals surface area contributed by atoms with Crippen molar-refractivity contribution < 1.29 is 4.79 Å². The minimum Gasteiger partial charge on any atom is -0.337 e. The zero-order valence-corrected chi connectivity index (χ0v) is 13.1. The van der Waals surface area contributed by atoms with Gasteiger partial charge in [-0.15, -0.1) is 11.8 Å². The van der Waals surface area contributed by atoms with Crippen molar-refractivity contribution in [3.63, 3.8) is 0 Å². The van der Waals surface area contributed by atoms with Crippen molar-refractivity contribution in [2.24, 2.45) is 0 Å². The van der Waals surface area contributed by atoms with E-state index < -0.39 is 5.54 Å². The maximum Gasteiger partial charge on any atom is 0.231 e. The molecule has 0 spiro atoms. The van der Waals surface area contributed by atoms with E-state index in [4.69, 9.17) is 0 Å². The molecule has 21 heavy (non-hydrogen) atoms. The monoisotopic (exact) mass is 302 g/mol. The lowest BCUT2D eigenvalue weighted by atomic mass is 9.85. The number of benzene rings is 1. The van der Waals surface area contributed by atoms with E-state index in [1.165, 1.54) is 18.2 Å². The summed E-state index contributed by atoms with van der Waals surface area (Å²) in [5, 5.41) is 12.5. The molecule has 0 heterocycles. The highest BCUT2D eigenvalue weighted by Crippen LogP contribution is 2.26. The standard InChI is InChI=1S/C17H22N2OS/c18-14-17(11-7-2-1-3-8-12-17)19-16(20)13-21-15-9-5-4-6-10-15/h4-6,9-10H,1-3,7-8,11-13H2,(H,19,20). The van der Waals surface area contributed by atoms with Crippen molar-refractivity contribution in [3.8, 4) is 6.07 Å². The molecule has 112 valence electrons. The van der Waals surface area contributed by atoms with Gasteiger partial charge in [-0.25, -0.2) is 0 Å². The number of carbonyl (C=O) groups is 1. The molecule has 1 saturated carbocycles. The molecule has 1 amide bonds. The van der Waals surface area contributed by atoms with E-state index in [-0.39, 0.29) is 5.91 Å². The van der Waals surface area contributed by atoms with Crippen molar-refractivity contribution in [2.75, 3.05) is 5.75 Å². The SMILES string of the molecule is N#CC1(NC(=O)CSc2ccccc2)CCCCCCC1. The average Bonchev–Trinajstić information content (AvgIpc) is 2.49. The van der Waals surface area contributed by atoms with Crippen LogP contribution in [-0.4, -0.2) is 17.2 Å². The molecule has 0 radical (unpaired) electrons. The summed E-state index contributed by atoms with van der Waals surface area (Å²) < 4.78 is 0. The number of nitrogens with zero attached hydrogens (tertiary/aromatic N) is 1. The first-order valence-electron chi connectivity index (χ1n) is 7.64. The Morgan fingerprint density at radius 3 is 2.38 bits per heavy atom. The van der Waals surface area contributed by atoms with Gasteiger partial charge in [-0.1, -0.05) is 50.3 Å². The molecule has 3 nitrogen and oxygen atoms in total. The number of hydrogen-bond donors (Lipinski definition) is 1. The molecule has 0 atom stereocenters. The number of rotatable bonds is 4. The molecule has 2 rings (SSSR count). The number of nitrogens with one attached hydrogen (secondary N) is 1. The minimum atomic E-state index is -0.644. The summed E-state index contributed by atoms with van der Waals surface area (Å²) in [5.74, 6) is 0.332. The number of amides is 1. The Bertz CT molecular complexity index is 487. The van der Waals surface area contributed by atoms with E-state index in [1.807, 2.05) is 30.3 Å². The lowest BCUT2D eigenvalue weighted by Gasteiger charge is -2.29. The van der Waals surface area contributed by atoms with Crippen LogP contribution in [0.3, 0.4) is 0 Å². The van der Waals surface area contributed by atoms with E-state index in [2.05, 4.69) is 11.4 Å². The van der Waals surface area contributed by atoms with E-state index in [9.17, 15) is 10.1 Å². The zero-order chi connectivity index (χ0) is 15.0. The van der Waals surface area contributed by atoms with Crippen LogP contribution in [0.4, 0.5) is 0 Å². The fourth-order valence-corrected chi connectivity index (χ4v) is 3.46. The number of nitriles is 1. The summed E-state index contributed by atoms with van der Waals surface area (Å²) >= 11 is 1.51. The molecule has 1 N–H and O–H groups in total. The van der Waals surface area contributed by atoms with Gasteiger partial charge in [-0.05, 0) is 25.0 Å². The lowest BCUT2D eigenvalue weighted by molar-refractivity contribution is -0.120. The molecule has 0 unspecified atom stereocenters. The van der Waals surface area contributed by atoms with Crippen LogP contribution in [-0.2, 0) is 4.79 Å². The predicted octanol–water partition coefficient (Wildman–Crippen LogP) is 3.90. The Labute approximate surface area is 131 Å². The normalized spacial score (nSPS) is 18.0. The van der Waals surface area contributed by atoms with Crippen LogP contribution in [0, 0.1) is 11.3 Å². The topological polar surface area (TPSA) is 52.9 Å². The first-order valence-corrected chi connectivity index (χ1v) is 8.63. The zero-order valence-electron chi connectivity index (χ0n) is 12.3. The summed E-state index contributed by atoms with van der Waals surface area (Å²) in [5.41, 5.74) is -0.644. The molecular weight excluding hydrogens is 280 g/mol. The van der Waals surface area contributed by atoms with Crippen LogP contribution in [0.2, 0.25) is 0 Å². The molecule has 1 aliphatic rings. The maximum absolute atomic E-state index is 12.2. The van der Waals surface area contributed by atoms with E-state index >= 15 is 0 Å². The third-order valence-corrected chi connectivity index (χ3v) is 4.92. The summed E-state index contributed by atoms with van der Waals surface area (Å²) in [6.07, 6.45) is 7.20. The lowest BCUT2D eigenvalue weighted by Crippen LogP contribution is -2.48. The quantitative estimate of drug-likeness (QED) is 0.858. The number of carbonyl (C=O) groups excluding carboxylic acids is 1. The Balaban J connectivity index is 1.88. The maximum atomic E-state index is 12.2. The minimum absolute atomic E-state index is 0.0361. The van der Waals surface area contributed by atoms with Crippen molar-refractivity contribution in [3.05, 3.63) is 30.3 Å². The largest absolute Gasteiger partial charge is 0.337 e. The van der Waals surface area contributed by atoms with Crippen LogP contribution in [0.25, 0.3) is 0 Å². The van der Waals surface area contributed by atoms with Gasteiger partial charge in [-0.2, -0.15) is 5.26 Å². The summed E-state index contributed by atoms with van der Waals surface area (Å²) in [7, 11) is 0. The van der Waals surface area contributed by atoms with Crippen LogP contribution >= 0.6 is 11.8 Å². The summed E-state index contributed by atoms with van der Waals surface area (Å²) in [6, 6.07) is 12.3. The van der Waals surface area contributed by atoms with Crippen molar-refractivity contribution >= 4 is 17.7 Å². The molecule has 0 aromatic heterocycles. The molecule has 1 fully saturated rings. The van der Waals surface area contributed by atoms with Gasteiger partial charge in [0.2, 0.25) is 5.91 Å². The Morgan fingerprint density at radius 1 is 1.14 bits per heavy atom. The van der Waals surface area contributed by atoms with Crippen molar-refractivity contribution in [2.45, 2.75) is 55.4 Å². The van der Waals surface area contributed by atoms with Gasteiger partial charge in [-0.3, -0.25) is 4.79 Å². The number of hydrogen-bond acceptors (Lipinski definition) is 3. The van der Waals surface area contributed by atoms with Gasteiger partial charge in [0.1, 0.15) is 5.54 Å². The highest BCUT2D eigenvalue weighted by molar-refractivity contribution is 8.00. The second kappa shape index (κ2) is 8.09. The van der Waals surface area contributed by atoms with Crippen LogP contribution in [0.1, 0.15) is 44.9 Å². The second-order valence-electron chi connectivity index (χ2n) is 5.61. The van der Waals surface area contributed by atoms with E-state index in [0.29, 0.717) is 5.75 Å². The van der Waals surface area contributed by atoms with Gasteiger partial charge in [0.05, 0.1) is 11.8 Å². The highest BCUT2D eigenvalue weighted by atomic mass is 32.2. The van der Waals surface area contributed by atoms with Gasteiger partial charge >= 0.3 is 0 Å². The Kier molecular flexibility index (Phi) is 6.13. The molecule has 0 aliphatic heterocycles. The molecule has 0 saturated heterocycles.